The van der Waals surface area contributed by atoms with Crippen LogP contribution in [0.25, 0.3) is 6.08 Å². The van der Waals surface area contributed by atoms with Crippen LogP contribution in [0.15, 0.2) is 35.2 Å². The molecule has 0 saturated carbocycles. The highest BCUT2D eigenvalue weighted by molar-refractivity contribution is 8.00. The summed E-state index contributed by atoms with van der Waals surface area (Å²) in [6.07, 6.45) is 4.54. The third kappa shape index (κ3) is 2.20. The van der Waals surface area contributed by atoms with Crippen molar-refractivity contribution in [2.75, 3.05) is 0 Å². The van der Waals surface area contributed by atoms with Gasteiger partial charge in [-0.2, -0.15) is 0 Å². The van der Waals surface area contributed by atoms with Crippen molar-refractivity contribution in [2.45, 2.75) is 30.3 Å². The van der Waals surface area contributed by atoms with E-state index in [-0.39, 0.29) is 11.5 Å². The van der Waals surface area contributed by atoms with E-state index in [9.17, 15) is 0 Å². The zero-order chi connectivity index (χ0) is 9.97. The van der Waals surface area contributed by atoms with Crippen molar-refractivity contribution in [1.29, 1.82) is 0 Å². The molecule has 2 heteroatoms. The summed E-state index contributed by atoms with van der Waals surface area (Å²) in [5, 5.41) is 0. The van der Waals surface area contributed by atoms with E-state index in [0.717, 1.165) is 0 Å². The molecule has 1 aliphatic rings. The smallest absolute Gasteiger partial charge is 0.126 e. The average molecular weight is 206 g/mol. The van der Waals surface area contributed by atoms with Gasteiger partial charge in [-0.15, -0.1) is 0 Å². The van der Waals surface area contributed by atoms with Gasteiger partial charge in [-0.1, -0.05) is 36.0 Å². The Balaban J connectivity index is 2.13. The molecule has 0 aliphatic carbocycles. The van der Waals surface area contributed by atoms with Gasteiger partial charge in [0.05, 0.1) is 6.10 Å². The highest BCUT2D eigenvalue weighted by Crippen LogP contribution is 2.33. The first kappa shape index (κ1) is 9.81. The van der Waals surface area contributed by atoms with Crippen molar-refractivity contribution >= 4 is 17.8 Å². The minimum absolute atomic E-state index is 0.171. The van der Waals surface area contributed by atoms with Gasteiger partial charge >= 0.3 is 0 Å². The number of hydrogen-bond donors (Lipinski definition) is 0. The predicted octanol–water partition coefficient (Wildman–Crippen LogP) is 3.56. The molecule has 1 heterocycles. The van der Waals surface area contributed by atoms with Gasteiger partial charge < -0.3 is 4.74 Å². The third-order valence-electron chi connectivity index (χ3n) is 2.00. The van der Waals surface area contributed by atoms with Crippen molar-refractivity contribution in [3.05, 3.63) is 35.9 Å². The highest BCUT2D eigenvalue weighted by Gasteiger charge is 2.14. The Morgan fingerprint density at radius 1 is 1.29 bits per heavy atom. The summed E-state index contributed by atoms with van der Waals surface area (Å²) in [6.45, 7) is 4.13. The van der Waals surface area contributed by atoms with E-state index >= 15 is 0 Å². The fourth-order valence-electron chi connectivity index (χ4n) is 1.41. The van der Waals surface area contributed by atoms with Crippen molar-refractivity contribution in [3.63, 3.8) is 0 Å². The zero-order valence-corrected chi connectivity index (χ0v) is 9.25. The maximum absolute atomic E-state index is 5.72. The molecule has 2 rings (SSSR count). The number of benzene rings is 1. The van der Waals surface area contributed by atoms with Gasteiger partial charge in [-0.05, 0) is 31.6 Å². The Morgan fingerprint density at radius 3 is 2.86 bits per heavy atom. The molecule has 1 aliphatic heterocycles. The summed E-state index contributed by atoms with van der Waals surface area (Å²) in [5.41, 5.74) is 1.46. The minimum Gasteiger partial charge on any atom is -0.360 e. The summed E-state index contributed by atoms with van der Waals surface area (Å²) in [6, 6.07) is 8.40. The van der Waals surface area contributed by atoms with E-state index in [1.807, 2.05) is 0 Å². The Morgan fingerprint density at radius 2 is 2.07 bits per heavy atom. The first-order valence-electron chi connectivity index (χ1n) is 4.85. The van der Waals surface area contributed by atoms with Gasteiger partial charge in [-0.25, -0.2) is 0 Å². The van der Waals surface area contributed by atoms with E-state index in [4.69, 9.17) is 4.74 Å². The van der Waals surface area contributed by atoms with Gasteiger partial charge in [-0.3, -0.25) is 0 Å². The molecule has 0 bridgehead atoms. The maximum atomic E-state index is 5.72. The minimum atomic E-state index is 0.171. The Labute approximate surface area is 89.2 Å². The van der Waals surface area contributed by atoms with E-state index in [2.05, 4.69) is 50.3 Å². The van der Waals surface area contributed by atoms with Crippen LogP contribution < -0.4 is 0 Å². The van der Waals surface area contributed by atoms with Crippen LogP contribution in [-0.2, 0) is 4.74 Å². The molecule has 1 aromatic rings. The zero-order valence-electron chi connectivity index (χ0n) is 8.44. The molecule has 0 spiro atoms. The lowest BCUT2D eigenvalue weighted by Crippen LogP contribution is -2.13. The summed E-state index contributed by atoms with van der Waals surface area (Å²) in [4.78, 5) is 1.31. The molecule has 14 heavy (non-hydrogen) atoms. The van der Waals surface area contributed by atoms with Crippen LogP contribution in [0.5, 0.6) is 0 Å². The van der Waals surface area contributed by atoms with E-state index in [0.29, 0.717) is 0 Å². The van der Waals surface area contributed by atoms with Crippen molar-refractivity contribution in [1.82, 2.24) is 0 Å². The molecule has 0 aromatic heterocycles. The first-order valence-corrected chi connectivity index (χ1v) is 5.73. The molecule has 1 aromatic carbocycles. The maximum Gasteiger partial charge on any atom is 0.126 e. The van der Waals surface area contributed by atoms with Crippen LogP contribution in [0, 0.1) is 0 Å². The van der Waals surface area contributed by atoms with E-state index in [1.165, 1.54) is 10.5 Å². The van der Waals surface area contributed by atoms with Crippen molar-refractivity contribution in [3.8, 4) is 0 Å². The lowest BCUT2D eigenvalue weighted by molar-refractivity contribution is 0.0831. The van der Waals surface area contributed by atoms with Crippen LogP contribution in [0.2, 0.25) is 0 Å². The number of fused-ring (bicyclic) bond motifs is 1. The van der Waals surface area contributed by atoms with Gasteiger partial charge in [0, 0.05) is 4.90 Å². The SMILES string of the molecule is CC(C)O[C@@H]1C=Cc2ccccc2S1. The molecular weight excluding hydrogens is 192 g/mol. The lowest BCUT2D eigenvalue weighted by atomic mass is 10.2. The lowest BCUT2D eigenvalue weighted by Gasteiger charge is -2.21. The van der Waals surface area contributed by atoms with Gasteiger partial charge in [0.25, 0.3) is 0 Å². The van der Waals surface area contributed by atoms with Gasteiger partial charge in [0.15, 0.2) is 0 Å². The Kier molecular flexibility index (Phi) is 2.94. The topological polar surface area (TPSA) is 9.23 Å². The number of rotatable bonds is 2. The van der Waals surface area contributed by atoms with Gasteiger partial charge in [0.2, 0.25) is 0 Å². The molecule has 1 nitrogen and oxygen atoms in total. The monoisotopic (exact) mass is 206 g/mol. The molecule has 0 saturated heterocycles. The number of hydrogen-bond acceptors (Lipinski definition) is 2. The summed E-state index contributed by atoms with van der Waals surface area (Å²) in [5.74, 6) is 0. The van der Waals surface area contributed by atoms with Crippen LogP contribution in [0.1, 0.15) is 19.4 Å². The predicted molar refractivity (Wildman–Crippen MR) is 61.3 cm³/mol. The molecule has 74 valence electrons. The third-order valence-corrected chi connectivity index (χ3v) is 3.13. The largest absolute Gasteiger partial charge is 0.360 e. The summed E-state index contributed by atoms with van der Waals surface area (Å²) in [7, 11) is 0. The normalized spacial score (nSPS) is 19.8. The van der Waals surface area contributed by atoms with Crippen LogP contribution >= 0.6 is 11.8 Å². The number of ether oxygens (including phenoxy) is 1. The van der Waals surface area contributed by atoms with Gasteiger partial charge in [0.1, 0.15) is 5.44 Å². The second-order valence-corrected chi connectivity index (χ2v) is 4.71. The summed E-state index contributed by atoms with van der Waals surface area (Å²) >= 11 is 1.78. The van der Waals surface area contributed by atoms with E-state index < -0.39 is 0 Å². The molecule has 1 atom stereocenters. The van der Waals surface area contributed by atoms with Crippen LogP contribution in [0.3, 0.4) is 0 Å². The Bertz CT molecular complexity index is 344. The molecular formula is C12H14OS. The first-order chi connectivity index (χ1) is 6.75. The fraction of sp³-hybridized carbons (Fsp3) is 0.333. The van der Waals surface area contributed by atoms with Crippen molar-refractivity contribution in [2.24, 2.45) is 0 Å². The second-order valence-electron chi connectivity index (χ2n) is 3.57. The van der Waals surface area contributed by atoms with Crippen LogP contribution in [0.4, 0.5) is 0 Å². The standard InChI is InChI=1S/C12H14OS/c1-9(2)13-12-8-7-10-5-3-4-6-11(10)14-12/h3-9,12H,1-2H3/t12-/m0/s1. The molecule has 0 fully saturated rings. The quantitative estimate of drug-likeness (QED) is 0.731. The molecule has 0 radical (unpaired) electrons. The van der Waals surface area contributed by atoms with E-state index in [1.54, 1.807) is 11.8 Å². The average Bonchev–Trinajstić information content (AvgIpc) is 2.17. The molecule has 0 N–H and O–H groups in total. The Hall–Kier alpha value is -0.730. The van der Waals surface area contributed by atoms with Crippen LogP contribution in [-0.4, -0.2) is 11.5 Å². The summed E-state index contributed by atoms with van der Waals surface area (Å²) < 4.78 is 5.72. The molecule has 0 unspecified atom stereocenters. The second kappa shape index (κ2) is 4.20. The highest BCUT2D eigenvalue weighted by atomic mass is 32.2. The van der Waals surface area contributed by atoms with Crippen molar-refractivity contribution < 1.29 is 4.74 Å². The fourth-order valence-corrected chi connectivity index (χ4v) is 2.53. The molecule has 0 amide bonds. The number of thioether (sulfide) groups is 1.